The van der Waals surface area contributed by atoms with E-state index in [1.165, 1.54) is 0 Å². The first-order chi connectivity index (χ1) is 8.36. The van der Waals surface area contributed by atoms with E-state index in [4.69, 9.17) is 5.84 Å². The van der Waals surface area contributed by atoms with Crippen LogP contribution >= 0.6 is 0 Å². The normalized spacial score (nSPS) is 13.7. The minimum absolute atomic E-state index is 0.0591. The second-order valence-corrected chi connectivity index (χ2v) is 5.23. The van der Waals surface area contributed by atoms with Gasteiger partial charge in [0.2, 0.25) is 11.9 Å². The Bertz CT molecular complexity index is 276. The fourth-order valence-electron chi connectivity index (χ4n) is 1.14. The van der Waals surface area contributed by atoms with Crippen molar-refractivity contribution in [2.75, 3.05) is 13.1 Å². The van der Waals surface area contributed by atoms with Crippen molar-refractivity contribution >= 4 is 11.9 Å². The van der Waals surface area contributed by atoms with Gasteiger partial charge in [-0.3, -0.25) is 15.2 Å². The van der Waals surface area contributed by atoms with E-state index in [-0.39, 0.29) is 11.9 Å². The minimum Gasteiger partial charge on any atom is -0.354 e. The van der Waals surface area contributed by atoms with Crippen LogP contribution in [0.1, 0.15) is 34.6 Å². The molecule has 0 aromatic heterocycles. The Hall–Kier alpha value is -1.30. The fourth-order valence-corrected chi connectivity index (χ4v) is 1.14. The number of nitrogens with two attached hydrogens (primary N) is 1. The minimum atomic E-state index is -0.370. The van der Waals surface area contributed by atoms with Crippen molar-refractivity contribution in [1.82, 2.24) is 16.1 Å². The molecule has 0 aromatic rings. The number of guanidine groups is 1. The molecule has 0 fully saturated rings. The summed E-state index contributed by atoms with van der Waals surface area (Å²) in [6, 6.07) is -0.370. The van der Waals surface area contributed by atoms with E-state index in [0.29, 0.717) is 30.9 Å². The molecule has 6 nitrogen and oxygen atoms in total. The average molecular weight is 257 g/mol. The molecule has 0 spiro atoms. The van der Waals surface area contributed by atoms with Crippen molar-refractivity contribution in [3.8, 4) is 0 Å². The van der Waals surface area contributed by atoms with E-state index < -0.39 is 0 Å². The highest BCUT2D eigenvalue weighted by Crippen LogP contribution is 1.92. The number of rotatable bonds is 6. The predicted octanol–water partition coefficient (Wildman–Crippen LogP) is 0.212. The molecule has 0 saturated carbocycles. The molecule has 0 saturated heterocycles. The van der Waals surface area contributed by atoms with Gasteiger partial charge in [0.25, 0.3) is 0 Å². The van der Waals surface area contributed by atoms with Crippen LogP contribution in [0.15, 0.2) is 4.99 Å². The van der Waals surface area contributed by atoms with E-state index >= 15 is 0 Å². The van der Waals surface area contributed by atoms with E-state index in [1.54, 1.807) is 6.92 Å². The zero-order valence-electron chi connectivity index (χ0n) is 12.1. The van der Waals surface area contributed by atoms with E-state index in [1.807, 2.05) is 0 Å². The molecule has 0 aliphatic rings. The average Bonchev–Trinajstić information content (AvgIpc) is 2.30. The molecule has 1 atom stereocenters. The van der Waals surface area contributed by atoms with Gasteiger partial charge in [0.1, 0.15) is 6.04 Å². The molecule has 0 aromatic carbocycles. The van der Waals surface area contributed by atoms with Crippen LogP contribution in [-0.4, -0.2) is 31.0 Å². The van der Waals surface area contributed by atoms with Crippen LogP contribution in [0.5, 0.6) is 0 Å². The Morgan fingerprint density at radius 1 is 1.17 bits per heavy atom. The summed E-state index contributed by atoms with van der Waals surface area (Å²) in [5.74, 6) is 6.61. The van der Waals surface area contributed by atoms with Crippen LogP contribution in [0.4, 0.5) is 0 Å². The van der Waals surface area contributed by atoms with Gasteiger partial charge in [0.15, 0.2) is 0 Å². The van der Waals surface area contributed by atoms with Gasteiger partial charge < -0.3 is 10.6 Å². The van der Waals surface area contributed by atoms with Gasteiger partial charge in [-0.05, 0) is 18.8 Å². The van der Waals surface area contributed by atoms with Gasteiger partial charge in [0, 0.05) is 13.1 Å². The number of carbonyl (C=O) groups excluding carboxylic acids is 1. The zero-order chi connectivity index (χ0) is 14.1. The summed E-state index contributed by atoms with van der Waals surface area (Å²) in [6.07, 6.45) is 0. The molecule has 0 bridgehead atoms. The van der Waals surface area contributed by atoms with Crippen LogP contribution < -0.4 is 21.9 Å². The number of hydrazine groups is 1. The Morgan fingerprint density at radius 2 is 1.78 bits per heavy atom. The van der Waals surface area contributed by atoms with Crippen molar-refractivity contribution < 1.29 is 4.79 Å². The van der Waals surface area contributed by atoms with Crippen LogP contribution in [-0.2, 0) is 4.79 Å². The number of nitrogens with zero attached hydrogens (tertiary/aromatic N) is 1. The Balaban J connectivity index is 4.21. The summed E-state index contributed by atoms with van der Waals surface area (Å²) < 4.78 is 0. The smallest absolute Gasteiger partial charge is 0.242 e. The second kappa shape index (κ2) is 8.74. The molecule has 1 amide bonds. The molecular formula is C12H27N5O. The number of aliphatic imine (C=N–C) groups is 1. The lowest BCUT2D eigenvalue weighted by Crippen LogP contribution is -2.51. The first kappa shape index (κ1) is 16.7. The first-order valence-corrected chi connectivity index (χ1v) is 6.42. The van der Waals surface area contributed by atoms with E-state index in [0.717, 1.165) is 0 Å². The van der Waals surface area contributed by atoms with Crippen molar-refractivity contribution in [3.63, 3.8) is 0 Å². The van der Waals surface area contributed by atoms with Gasteiger partial charge in [-0.2, -0.15) is 0 Å². The maximum absolute atomic E-state index is 11.7. The van der Waals surface area contributed by atoms with E-state index in [2.05, 4.69) is 48.7 Å². The predicted molar refractivity (Wildman–Crippen MR) is 74.9 cm³/mol. The SMILES string of the molecule is CC(C)CN=C(NN)NC(C)C(=O)NCC(C)C. The number of hydrogen-bond acceptors (Lipinski definition) is 3. The van der Waals surface area contributed by atoms with Gasteiger partial charge in [0.05, 0.1) is 0 Å². The summed E-state index contributed by atoms with van der Waals surface area (Å²) >= 11 is 0. The van der Waals surface area contributed by atoms with E-state index in [9.17, 15) is 4.79 Å². The van der Waals surface area contributed by atoms with Crippen LogP contribution in [0, 0.1) is 11.8 Å². The third-order valence-corrected chi connectivity index (χ3v) is 2.18. The first-order valence-electron chi connectivity index (χ1n) is 6.42. The summed E-state index contributed by atoms with van der Waals surface area (Å²) in [7, 11) is 0. The molecule has 0 aliphatic heterocycles. The molecule has 18 heavy (non-hydrogen) atoms. The third kappa shape index (κ3) is 7.89. The Morgan fingerprint density at radius 3 is 2.22 bits per heavy atom. The van der Waals surface area contributed by atoms with Crippen molar-refractivity contribution in [2.45, 2.75) is 40.7 Å². The lowest BCUT2D eigenvalue weighted by Gasteiger charge is -2.17. The monoisotopic (exact) mass is 257 g/mol. The van der Waals surface area contributed by atoms with Crippen LogP contribution in [0.3, 0.4) is 0 Å². The van der Waals surface area contributed by atoms with Gasteiger partial charge in [-0.15, -0.1) is 0 Å². The number of hydrogen-bond donors (Lipinski definition) is 4. The largest absolute Gasteiger partial charge is 0.354 e. The third-order valence-electron chi connectivity index (χ3n) is 2.18. The summed E-state index contributed by atoms with van der Waals surface area (Å²) in [6.45, 7) is 11.3. The molecule has 0 radical (unpaired) electrons. The summed E-state index contributed by atoms with van der Waals surface area (Å²) in [4.78, 5) is 16.0. The second-order valence-electron chi connectivity index (χ2n) is 5.23. The topological polar surface area (TPSA) is 91.5 Å². The highest BCUT2D eigenvalue weighted by Gasteiger charge is 2.13. The van der Waals surface area contributed by atoms with Gasteiger partial charge >= 0.3 is 0 Å². The molecule has 106 valence electrons. The summed E-state index contributed by atoms with van der Waals surface area (Å²) in [5, 5.41) is 5.80. The van der Waals surface area contributed by atoms with Crippen LogP contribution in [0.2, 0.25) is 0 Å². The Labute approximate surface area is 110 Å². The highest BCUT2D eigenvalue weighted by atomic mass is 16.2. The number of amides is 1. The molecule has 0 aliphatic carbocycles. The molecular weight excluding hydrogens is 230 g/mol. The zero-order valence-corrected chi connectivity index (χ0v) is 12.1. The lowest BCUT2D eigenvalue weighted by atomic mass is 10.2. The molecule has 6 heteroatoms. The quantitative estimate of drug-likeness (QED) is 0.237. The van der Waals surface area contributed by atoms with Crippen molar-refractivity contribution in [3.05, 3.63) is 0 Å². The standard InChI is InChI=1S/C12H27N5O/c1-8(2)6-14-11(18)10(5)16-12(17-13)15-7-9(3)4/h8-10H,6-7,13H2,1-5H3,(H,14,18)(H2,15,16,17). The van der Waals surface area contributed by atoms with Crippen LogP contribution in [0.25, 0.3) is 0 Å². The molecule has 0 heterocycles. The van der Waals surface area contributed by atoms with Crippen molar-refractivity contribution in [1.29, 1.82) is 0 Å². The van der Waals surface area contributed by atoms with Gasteiger partial charge in [-0.25, -0.2) is 5.84 Å². The highest BCUT2D eigenvalue weighted by molar-refractivity contribution is 5.88. The number of nitrogens with one attached hydrogen (secondary N) is 3. The molecule has 1 unspecified atom stereocenters. The lowest BCUT2D eigenvalue weighted by molar-refractivity contribution is -0.122. The maximum Gasteiger partial charge on any atom is 0.242 e. The maximum atomic E-state index is 11.7. The van der Waals surface area contributed by atoms with Gasteiger partial charge in [-0.1, -0.05) is 27.7 Å². The summed E-state index contributed by atoms with van der Waals surface area (Å²) in [5.41, 5.74) is 2.47. The number of carbonyl (C=O) groups is 1. The molecule has 5 N–H and O–H groups in total. The molecule has 0 rings (SSSR count). The van der Waals surface area contributed by atoms with Crippen molar-refractivity contribution in [2.24, 2.45) is 22.7 Å². The Kier molecular flexibility index (Phi) is 8.11. The fraction of sp³-hybridized carbons (Fsp3) is 0.833.